The van der Waals surface area contributed by atoms with Gasteiger partial charge in [0.2, 0.25) is 0 Å². The van der Waals surface area contributed by atoms with Crippen LogP contribution in [0.3, 0.4) is 0 Å². The predicted molar refractivity (Wildman–Crippen MR) is 98.3 cm³/mol. The van der Waals surface area contributed by atoms with Crippen molar-refractivity contribution in [2.24, 2.45) is 11.3 Å². The summed E-state index contributed by atoms with van der Waals surface area (Å²) in [6, 6.07) is 0.0795. The Kier molecular flexibility index (Phi) is 4.34. The normalized spacial score (nSPS) is 24.0. The fraction of sp³-hybridized carbons (Fsp3) is 0.667. The standard InChI is InChI=1S/C18H21F3N6OS/c19-18(20,21)13-7-29-14(24-13)3-11-4-17(5-11)8-27(9-17)16(28)26-2-1-12(6-26)15-22-10-23-25-15/h7,10-12H,1-6,8-9H2,(H,22,23,25)/t12-/m0/s1. The molecule has 1 saturated carbocycles. The maximum atomic E-state index is 12.7. The average Bonchev–Trinajstić information content (AvgIpc) is 3.35. The number of aromatic nitrogens is 4. The summed E-state index contributed by atoms with van der Waals surface area (Å²) in [5, 5.41) is 8.41. The minimum absolute atomic E-state index is 0.0795. The predicted octanol–water partition coefficient (Wildman–Crippen LogP) is 3.14. The summed E-state index contributed by atoms with van der Waals surface area (Å²) in [5.74, 6) is 1.41. The van der Waals surface area contributed by atoms with Crippen LogP contribution in [0.1, 0.15) is 41.7 Å². The Bertz CT molecular complexity index is 884. The smallest absolute Gasteiger partial charge is 0.324 e. The molecule has 7 nitrogen and oxygen atoms in total. The zero-order chi connectivity index (χ0) is 20.2. The Morgan fingerprint density at radius 1 is 1.31 bits per heavy atom. The monoisotopic (exact) mass is 426 g/mol. The first-order valence-electron chi connectivity index (χ1n) is 9.72. The van der Waals surface area contributed by atoms with Crippen molar-refractivity contribution in [3.63, 3.8) is 0 Å². The van der Waals surface area contributed by atoms with Gasteiger partial charge in [0.1, 0.15) is 12.2 Å². The molecule has 5 rings (SSSR count). The highest BCUT2D eigenvalue weighted by Crippen LogP contribution is 2.53. The van der Waals surface area contributed by atoms with Gasteiger partial charge in [-0.15, -0.1) is 11.3 Å². The highest BCUT2D eigenvalue weighted by molar-refractivity contribution is 7.09. The Labute approximate surface area is 169 Å². The van der Waals surface area contributed by atoms with Gasteiger partial charge in [0.25, 0.3) is 0 Å². The molecule has 2 aromatic rings. The molecule has 0 radical (unpaired) electrons. The van der Waals surface area contributed by atoms with E-state index < -0.39 is 11.9 Å². The minimum atomic E-state index is -4.37. The number of hydrogen-bond donors (Lipinski definition) is 1. The van der Waals surface area contributed by atoms with E-state index in [9.17, 15) is 18.0 Å². The fourth-order valence-corrected chi connectivity index (χ4v) is 5.93. The molecule has 0 unspecified atom stereocenters. The molecule has 2 aliphatic heterocycles. The number of halogens is 3. The Morgan fingerprint density at radius 3 is 2.76 bits per heavy atom. The van der Waals surface area contributed by atoms with Crippen LogP contribution >= 0.6 is 11.3 Å². The summed E-state index contributed by atoms with van der Waals surface area (Å²) in [6.45, 7) is 2.88. The molecular formula is C18H21F3N6OS. The van der Waals surface area contributed by atoms with E-state index in [0.29, 0.717) is 23.9 Å². The molecule has 0 aromatic carbocycles. The van der Waals surface area contributed by atoms with E-state index >= 15 is 0 Å². The number of carbonyl (C=O) groups is 1. The number of likely N-dealkylation sites (tertiary alicyclic amines) is 2. The third-order valence-corrected chi connectivity index (χ3v) is 7.22. The van der Waals surface area contributed by atoms with Gasteiger partial charge in [-0.25, -0.2) is 14.8 Å². The number of amides is 2. The van der Waals surface area contributed by atoms with E-state index in [1.54, 1.807) is 0 Å². The number of H-pyrrole nitrogens is 1. The molecule has 1 atom stereocenters. The highest BCUT2D eigenvalue weighted by atomic mass is 32.1. The largest absolute Gasteiger partial charge is 0.434 e. The third kappa shape index (κ3) is 3.49. The van der Waals surface area contributed by atoms with Crippen molar-refractivity contribution in [1.29, 1.82) is 0 Å². The van der Waals surface area contributed by atoms with Gasteiger partial charge in [-0.3, -0.25) is 5.10 Å². The van der Waals surface area contributed by atoms with Crippen LogP contribution in [0.15, 0.2) is 11.7 Å². The highest BCUT2D eigenvalue weighted by Gasteiger charge is 2.54. The van der Waals surface area contributed by atoms with Crippen molar-refractivity contribution in [3.8, 4) is 0 Å². The van der Waals surface area contributed by atoms with E-state index in [2.05, 4.69) is 20.2 Å². The van der Waals surface area contributed by atoms with Crippen LogP contribution in [0.4, 0.5) is 18.0 Å². The topological polar surface area (TPSA) is 78.0 Å². The molecule has 2 aromatic heterocycles. The first-order chi connectivity index (χ1) is 13.8. The second kappa shape index (κ2) is 6.68. The molecule has 3 aliphatic rings. The molecule has 2 amide bonds. The molecule has 2 saturated heterocycles. The van der Waals surface area contributed by atoms with E-state index in [4.69, 9.17) is 0 Å². The van der Waals surface area contributed by atoms with Crippen LogP contribution in [-0.2, 0) is 12.6 Å². The number of carbonyl (C=O) groups excluding carboxylic acids is 1. The second-order valence-corrected chi connectivity index (χ2v) is 9.49. The van der Waals surface area contributed by atoms with Crippen LogP contribution in [0.25, 0.3) is 0 Å². The quantitative estimate of drug-likeness (QED) is 0.818. The molecule has 1 N–H and O–H groups in total. The molecule has 29 heavy (non-hydrogen) atoms. The lowest BCUT2D eigenvalue weighted by Gasteiger charge is -2.59. The molecule has 0 bridgehead atoms. The summed E-state index contributed by atoms with van der Waals surface area (Å²) in [5.41, 5.74) is -0.629. The van der Waals surface area contributed by atoms with Crippen molar-refractivity contribution in [1.82, 2.24) is 30.0 Å². The number of hydrogen-bond acceptors (Lipinski definition) is 5. The summed E-state index contributed by atoms with van der Waals surface area (Å²) >= 11 is 1.09. The van der Waals surface area contributed by atoms with Crippen molar-refractivity contribution < 1.29 is 18.0 Å². The van der Waals surface area contributed by atoms with Gasteiger partial charge in [0.05, 0.1) is 5.01 Å². The van der Waals surface area contributed by atoms with Gasteiger partial charge < -0.3 is 9.80 Å². The third-order valence-electron chi connectivity index (χ3n) is 6.35. The fourth-order valence-electron chi connectivity index (χ4n) is 5.02. The van der Waals surface area contributed by atoms with Gasteiger partial charge >= 0.3 is 12.2 Å². The lowest BCUT2D eigenvalue weighted by Crippen LogP contribution is -2.65. The number of thiazole rings is 1. The molecule has 3 fully saturated rings. The van der Waals surface area contributed by atoms with Gasteiger partial charge in [0.15, 0.2) is 5.69 Å². The van der Waals surface area contributed by atoms with E-state index in [-0.39, 0.29) is 17.4 Å². The van der Waals surface area contributed by atoms with Gasteiger partial charge in [0, 0.05) is 49.3 Å². The average molecular weight is 426 g/mol. The van der Waals surface area contributed by atoms with Crippen molar-refractivity contribution in [2.75, 3.05) is 26.2 Å². The van der Waals surface area contributed by atoms with Crippen LogP contribution in [-0.4, -0.2) is 62.2 Å². The summed E-state index contributed by atoms with van der Waals surface area (Å²) < 4.78 is 38.0. The zero-order valence-electron chi connectivity index (χ0n) is 15.7. The molecule has 11 heteroatoms. The number of aromatic amines is 1. The molecule has 1 spiro atoms. The number of urea groups is 1. The Morgan fingerprint density at radius 2 is 2.10 bits per heavy atom. The summed E-state index contributed by atoms with van der Waals surface area (Å²) in [4.78, 5) is 24.4. The Balaban J connectivity index is 1.08. The SMILES string of the molecule is O=C(N1CC[C@H](c2ncn[nH]2)C1)N1CC2(CC(Cc3nc(C(F)(F)F)cs3)C2)C1. The first-order valence-corrected chi connectivity index (χ1v) is 10.6. The first kappa shape index (κ1) is 18.8. The molecule has 4 heterocycles. The second-order valence-electron chi connectivity index (χ2n) is 8.54. The van der Waals surface area contributed by atoms with Crippen LogP contribution < -0.4 is 0 Å². The van der Waals surface area contributed by atoms with Crippen molar-refractivity contribution in [3.05, 3.63) is 28.2 Å². The van der Waals surface area contributed by atoms with E-state index in [1.807, 2.05) is 9.80 Å². The van der Waals surface area contributed by atoms with Gasteiger partial charge in [-0.2, -0.15) is 18.3 Å². The molecule has 1 aliphatic carbocycles. The van der Waals surface area contributed by atoms with Crippen molar-refractivity contribution in [2.45, 2.75) is 37.8 Å². The molecular weight excluding hydrogens is 405 g/mol. The lowest BCUT2D eigenvalue weighted by molar-refractivity contribution is -0.140. The van der Waals surface area contributed by atoms with Gasteiger partial charge in [-0.05, 0) is 25.2 Å². The lowest BCUT2D eigenvalue weighted by atomic mass is 9.57. The number of rotatable bonds is 3. The zero-order valence-corrected chi connectivity index (χ0v) is 16.5. The van der Waals surface area contributed by atoms with Crippen LogP contribution in [0.2, 0.25) is 0 Å². The Hall–Kier alpha value is -2.17. The maximum Gasteiger partial charge on any atom is 0.434 e. The van der Waals surface area contributed by atoms with E-state index in [0.717, 1.165) is 61.4 Å². The number of nitrogens with zero attached hydrogens (tertiary/aromatic N) is 5. The van der Waals surface area contributed by atoms with Crippen molar-refractivity contribution >= 4 is 17.4 Å². The number of nitrogens with one attached hydrogen (secondary N) is 1. The van der Waals surface area contributed by atoms with Crippen LogP contribution in [0, 0.1) is 11.3 Å². The maximum absolute atomic E-state index is 12.7. The molecule has 156 valence electrons. The minimum Gasteiger partial charge on any atom is -0.324 e. The van der Waals surface area contributed by atoms with E-state index in [1.165, 1.54) is 6.33 Å². The number of alkyl halides is 3. The summed E-state index contributed by atoms with van der Waals surface area (Å²) in [7, 11) is 0. The van der Waals surface area contributed by atoms with Gasteiger partial charge in [-0.1, -0.05) is 0 Å². The van der Waals surface area contributed by atoms with Crippen LogP contribution in [0.5, 0.6) is 0 Å². The summed E-state index contributed by atoms with van der Waals surface area (Å²) in [6.07, 6.45) is 0.516.